The quantitative estimate of drug-likeness (QED) is 0.658. The highest BCUT2D eigenvalue weighted by Gasteiger charge is 2.22. The lowest BCUT2D eigenvalue weighted by Gasteiger charge is -2.18. The summed E-state index contributed by atoms with van der Waals surface area (Å²) in [4.78, 5) is 26.2. The Bertz CT molecular complexity index is 1140. The van der Waals surface area contributed by atoms with Gasteiger partial charge >= 0.3 is 5.69 Å². The van der Waals surface area contributed by atoms with Gasteiger partial charge in [-0.15, -0.1) is 0 Å². The fourth-order valence-electron chi connectivity index (χ4n) is 3.51. The summed E-state index contributed by atoms with van der Waals surface area (Å²) in [5, 5.41) is 13.0. The largest absolute Gasteiger partial charge is 0.389 e. The van der Waals surface area contributed by atoms with E-state index in [1.807, 2.05) is 61.5 Å². The summed E-state index contributed by atoms with van der Waals surface area (Å²) in [6, 6.07) is 16.8. The predicted octanol–water partition coefficient (Wildman–Crippen LogP) is 2.97. The second kappa shape index (κ2) is 7.93. The number of hydrogen-bond donors (Lipinski definition) is 2. The number of benzene rings is 2. The number of hydrogen-bond acceptors (Lipinski definition) is 4. The van der Waals surface area contributed by atoms with Crippen LogP contribution in [0.1, 0.15) is 23.6 Å². The van der Waals surface area contributed by atoms with Crippen LogP contribution in [0.4, 0.5) is 11.4 Å². The van der Waals surface area contributed by atoms with Gasteiger partial charge in [-0.3, -0.25) is 13.9 Å². The molecular weight excluding hydrogens is 366 g/mol. The molecule has 148 valence electrons. The second-order valence-corrected chi connectivity index (χ2v) is 7.36. The minimum Gasteiger partial charge on any atom is -0.389 e. The first-order valence-electron chi connectivity index (χ1n) is 9.61. The van der Waals surface area contributed by atoms with E-state index in [1.165, 1.54) is 9.13 Å². The molecule has 6 nitrogen and oxygen atoms in total. The molecule has 1 aliphatic rings. The monoisotopic (exact) mass is 389 g/mol. The van der Waals surface area contributed by atoms with E-state index in [-0.39, 0.29) is 18.1 Å². The number of anilines is 2. The van der Waals surface area contributed by atoms with Crippen molar-refractivity contribution in [1.29, 1.82) is 0 Å². The molecule has 1 aliphatic carbocycles. The van der Waals surface area contributed by atoms with Crippen LogP contribution in [-0.4, -0.2) is 20.3 Å². The summed E-state index contributed by atoms with van der Waals surface area (Å²) in [6.45, 7) is 2.18. The lowest BCUT2D eigenvalue weighted by molar-refractivity contribution is 0.209. The molecule has 2 unspecified atom stereocenters. The maximum atomic E-state index is 13.1. The second-order valence-electron chi connectivity index (χ2n) is 7.36. The van der Waals surface area contributed by atoms with Gasteiger partial charge in [0.25, 0.3) is 5.56 Å². The summed E-state index contributed by atoms with van der Waals surface area (Å²) in [5.74, 6) is 0. The summed E-state index contributed by atoms with van der Waals surface area (Å²) >= 11 is 0. The van der Waals surface area contributed by atoms with Crippen molar-refractivity contribution in [3.8, 4) is 0 Å². The zero-order valence-corrected chi connectivity index (χ0v) is 16.2. The number of aliphatic hydroxyl groups is 1. The number of aromatic nitrogens is 2. The van der Waals surface area contributed by atoms with Crippen LogP contribution in [0.15, 0.2) is 82.5 Å². The molecule has 0 saturated heterocycles. The molecule has 4 rings (SSSR count). The van der Waals surface area contributed by atoms with E-state index < -0.39 is 11.8 Å². The highest BCUT2D eigenvalue weighted by molar-refractivity contribution is 5.58. The zero-order valence-electron chi connectivity index (χ0n) is 16.2. The molecule has 0 aliphatic heterocycles. The van der Waals surface area contributed by atoms with E-state index in [2.05, 4.69) is 5.32 Å². The van der Waals surface area contributed by atoms with Crippen LogP contribution in [0.2, 0.25) is 0 Å². The summed E-state index contributed by atoms with van der Waals surface area (Å²) in [5.41, 5.74) is 2.31. The molecule has 0 amide bonds. The predicted molar refractivity (Wildman–Crippen MR) is 114 cm³/mol. The molecule has 6 heteroatoms. The van der Waals surface area contributed by atoms with E-state index in [0.29, 0.717) is 12.1 Å². The number of allylic oxidation sites excluding steroid dienone is 1. The molecule has 0 bridgehead atoms. The van der Waals surface area contributed by atoms with Crippen molar-refractivity contribution in [2.24, 2.45) is 0 Å². The van der Waals surface area contributed by atoms with Crippen molar-refractivity contribution in [3.05, 3.63) is 105 Å². The van der Waals surface area contributed by atoms with Gasteiger partial charge in [-0.05, 0) is 24.6 Å². The van der Waals surface area contributed by atoms with Crippen LogP contribution >= 0.6 is 0 Å². The van der Waals surface area contributed by atoms with Crippen molar-refractivity contribution in [1.82, 2.24) is 9.13 Å². The Morgan fingerprint density at radius 3 is 2.41 bits per heavy atom. The van der Waals surface area contributed by atoms with E-state index in [0.717, 1.165) is 16.8 Å². The number of aliphatic hydroxyl groups excluding tert-OH is 1. The lowest BCUT2D eigenvalue weighted by atomic mass is 10.2. The Balaban J connectivity index is 1.80. The van der Waals surface area contributed by atoms with Crippen molar-refractivity contribution in [3.63, 3.8) is 0 Å². The molecule has 2 N–H and O–H groups in total. The summed E-state index contributed by atoms with van der Waals surface area (Å²) in [7, 11) is 0. The van der Waals surface area contributed by atoms with Crippen LogP contribution in [-0.2, 0) is 6.54 Å². The first-order valence-corrected chi connectivity index (χ1v) is 9.61. The van der Waals surface area contributed by atoms with Gasteiger partial charge in [-0.25, -0.2) is 4.79 Å². The van der Waals surface area contributed by atoms with Gasteiger partial charge in [-0.1, -0.05) is 60.2 Å². The van der Waals surface area contributed by atoms with Crippen LogP contribution < -0.4 is 16.6 Å². The van der Waals surface area contributed by atoms with Gasteiger partial charge < -0.3 is 10.4 Å². The maximum absolute atomic E-state index is 13.1. The normalized spacial score (nSPS) is 18.1. The molecule has 2 atom stereocenters. The molecule has 2 aromatic carbocycles. The zero-order chi connectivity index (χ0) is 20.4. The third-order valence-electron chi connectivity index (χ3n) is 5.11. The lowest BCUT2D eigenvalue weighted by Crippen LogP contribution is -2.41. The van der Waals surface area contributed by atoms with Crippen molar-refractivity contribution in [2.45, 2.75) is 32.0 Å². The first-order chi connectivity index (χ1) is 14.0. The van der Waals surface area contributed by atoms with E-state index in [4.69, 9.17) is 0 Å². The fourth-order valence-corrected chi connectivity index (χ4v) is 3.51. The third kappa shape index (κ3) is 4.07. The Kier molecular flexibility index (Phi) is 5.18. The molecule has 0 radical (unpaired) electrons. The van der Waals surface area contributed by atoms with Crippen LogP contribution in [0.25, 0.3) is 0 Å². The molecule has 1 heterocycles. The highest BCUT2D eigenvalue weighted by atomic mass is 16.3. The molecular formula is C23H23N3O3. The average Bonchev–Trinajstić information content (AvgIpc) is 3.16. The topological polar surface area (TPSA) is 76.3 Å². The summed E-state index contributed by atoms with van der Waals surface area (Å²) in [6.07, 6.45) is 4.86. The fraction of sp³-hybridized carbons (Fsp3) is 0.217. The van der Waals surface area contributed by atoms with Crippen LogP contribution in [0, 0.1) is 6.92 Å². The molecule has 1 aromatic heterocycles. The third-order valence-corrected chi connectivity index (χ3v) is 5.11. The molecule has 3 aromatic rings. The molecule has 0 saturated carbocycles. The highest BCUT2D eigenvalue weighted by Crippen LogP contribution is 2.23. The number of aryl methyl sites for hydroxylation is 1. The van der Waals surface area contributed by atoms with Crippen molar-refractivity contribution in [2.75, 3.05) is 5.32 Å². The Hall–Kier alpha value is -3.38. The number of nitrogens with one attached hydrogen (secondary N) is 1. The molecule has 0 fully saturated rings. The first kappa shape index (κ1) is 19.0. The minimum absolute atomic E-state index is 0.181. The SMILES string of the molecule is Cc1ccc(Nc2cn(C3C=CC(O)C3)c(=O)n(Cc3ccccc3)c2=O)cc1. The Morgan fingerprint density at radius 1 is 1.03 bits per heavy atom. The van der Waals surface area contributed by atoms with Crippen molar-refractivity contribution < 1.29 is 5.11 Å². The van der Waals surface area contributed by atoms with Crippen LogP contribution in [0.5, 0.6) is 0 Å². The standard InChI is InChI=1S/C23H23N3O3/c1-16-7-9-18(10-8-16)24-21-15-25(19-11-12-20(27)13-19)23(29)26(22(21)28)14-17-5-3-2-4-6-17/h2-12,15,19-20,24,27H,13-14H2,1H3. The van der Waals surface area contributed by atoms with E-state index >= 15 is 0 Å². The van der Waals surface area contributed by atoms with Gasteiger partial charge in [0.15, 0.2) is 0 Å². The van der Waals surface area contributed by atoms with Gasteiger partial charge in [0.1, 0.15) is 5.69 Å². The van der Waals surface area contributed by atoms with Gasteiger partial charge in [0.05, 0.1) is 18.7 Å². The smallest absolute Gasteiger partial charge is 0.331 e. The Labute approximate surface area is 168 Å². The number of nitrogens with zero attached hydrogens (tertiary/aromatic N) is 2. The molecule has 0 spiro atoms. The van der Waals surface area contributed by atoms with Crippen LogP contribution in [0.3, 0.4) is 0 Å². The van der Waals surface area contributed by atoms with Gasteiger partial charge in [-0.2, -0.15) is 0 Å². The summed E-state index contributed by atoms with van der Waals surface area (Å²) < 4.78 is 2.76. The Morgan fingerprint density at radius 2 is 1.76 bits per heavy atom. The maximum Gasteiger partial charge on any atom is 0.331 e. The van der Waals surface area contributed by atoms with Gasteiger partial charge in [0.2, 0.25) is 0 Å². The van der Waals surface area contributed by atoms with E-state index in [9.17, 15) is 14.7 Å². The average molecular weight is 389 g/mol. The molecule has 29 heavy (non-hydrogen) atoms. The number of rotatable bonds is 5. The minimum atomic E-state index is -0.588. The van der Waals surface area contributed by atoms with Gasteiger partial charge in [0, 0.05) is 18.3 Å². The van der Waals surface area contributed by atoms with E-state index in [1.54, 1.807) is 18.3 Å². The van der Waals surface area contributed by atoms with Crippen molar-refractivity contribution >= 4 is 11.4 Å².